The Morgan fingerprint density at radius 1 is 0.868 bits per heavy atom. The van der Waals surface area contributed by atoms with E-state index < -0.39 is 72.2 Å². The number of amides is 7. The first-order chi connectivity index (χ1) is 25.2. The molecular formula is C37H55N9O7. The lowest BCUT2D eigenvalue weighted by Gasteiger charge is -2.29. The molecule has 6 atom stereocenters. The zero-order chi connectivity index (χ0) is 39.1. The molecule has 2 aromatic rings. The Balaban J connectivity index is 1.56. The highest BCUT2D eigenvalue weighted by Gasteiger charge is 2.37. The van der Waals surface area contributed by atoms with Crippen molar-refractivity contribution in [1.82, 2.24) is 46.8 Å². The summed E-state index contributed by atoms with van der Waals surface area (Å²) in [6, 6.07) is 5.05. The standard InChI is InChI=1S/C37H55N9O7/c1-7-23(4)32(36(52)39-16-15-26-12-9-8-10-13-26)45-35(51)29-14-11-17-46(29)30(48)20-40-33(49)24(5)42-34(50)28(18-27-19-38-21-41-27)44-37(53)31(22(2)3)43-25(6)47/h8-10,12-13,19,21-24,28-29,31-32H,7,11,14-18,20H2,1-6H3,(H,38,41)(H,39,52)(H,40,49)(H,42,50)(H,43,47)(H,44,53)(H,45,51)/t23-,24-,28-,29+,31-,32-/m0/s1. The van der Waals surface area contributed by atoms with Gasteiger partial charge in [-0.2, -0.15) is 0 Å². The van der Waals surface area contributed by atoms with E-state index in [2.05, 4.69) is 41.9 Å². The number of rotatable bonds is 19. The molecule has 16 heteroatoms. The Bertz CT molecular complexity index is 1550. The molecule has 0 radical (unpaired) electrons. The van der Waals surface area contributed by atoms with Crippen LogP contribution in [0, 0.1) is 11.8 Å². The Morgan fingerprint density at radius 3 is 2.21 bits per heavy atom. The fourth-order valence-corrected chi connectivity index (χ4v) is 6.01. The van der Waals surface area contributed by atoms with Crippen molar-refractivity contribution < 1.29 is 33.6 Å². The van der Waals surface area contributed by atoms with Crippen LogP contribution in [0.5, 0.6) is 0 Å². The maximum Gasteiger partial charge on any atom is 0.243 e. The number of aromatic nitrogens is 2. The van der Waals surface area contributed by atoms with Gasteiger partial charge < -0.3 is 41.8 Å². The third-order valence-electron chi connectivity index (χ3n) is 9.31. The van der Waals surface area contributed by atoms with Gasteiger partial charge in [0.15, 0.2) is 0 Å². The molecule has 16 nitrogen and oxygen atoms in total. The summed E-state index contributed by atoms with van der Waals surface area (Å²) in [5.41, 5.74) is 1.64. The van der Waals surface area contributed by atoms with E-state index in [9.17, 15) is 33.6 Å². The molecule has 0 spiro atoms. The molecule has 7 amide bonds. The molecular weight excluding hydrogens is 682 g/mol. The summed E-state index contributed by atoms with van der Waals surface area (Å²) < 4.78 is 0. The fraction of sp³-hybridized carbons (Fsp3) is 0.568. The molecule has 0 aliphatic carbocycles. The van der Waals surface area contributed by atoms with E-state index in [0.717, 1.165) is 5.56 Å². The van der Waals surface area contributed by atoms with Gasteiger partial charge in [0, 0.05) is 38.3 Å². The van der Waals surface area contributed by atoms with E-state index in [1.807, 2.05) is 44.2 Å². The summed E-state index contributed by atoms with van der Waals surface area (Å²) in [5, 5.41) is 16.2. The highest BCUT2D eigenvalue weighted by Crippen LogP contribution is 2.19. The fourth-order valence-electron chi connectivity index (χ4n) is 6.01. The predicted molar refractivity (Wildman–Crippen MR) is 197 cm³/mol. The lowest BCUT2D eigenvalue weighted by atomic mass is 9.97. The molecule has 0 bridgehead atoms. The summed E-state index contributed by atoms with van der Waals surface area (Å²) in [4.78, 5) is 99.3. The number of aromatic amines is 1. The van der Waals surface area contributed by atoms with E-state index >= 15 is 0 Å². The number of hydrogen-bond acceptors (Lipinski definition) is 8. The number of imidazole rings is 1. The van der Waals surface area contributed by atoms with Gasteiger partial charge in [-0.1, -0.05) is 64.4 Å². The monoisotopic (exact) mass is 737 g/mol. The number of carbonyl (C=O) groups is 7. The van der Waals surface area contributed by atoms with Crippen LogP contribution < -0.4 is 31.9 Å². The molecule has 3 rings (SSSR count). The van der Waals surface area contributed by atoms with Crippen LogP contribution in [0.3, 0.4) is 0 Å². The molecule has 0 unspecified atom stereocenters. The van der Waals surface area contributed by atoms with Gasteiger partial charge in [0.2, 0.25) is 41.4 Å². The van der Waals surface area contributed by atoms with Crippen molar-refractivity contribution in [3.05, 3.63) is 54.1 Å². The van der Waals surface area contributed by atoms with Crippen LogP contribution in [0.4, 0.5) is 0 Å². The number of H-pyrrole nitrogens is 1. The number of nitrogens with one attached hydrogen (secondary N) is 7. The third kappa shape index (κ3) is 13.0. The topological polar surface area (TPSA) is 224 Å². The largest absolute Gasteiger partial charge is 0.354 e. The first-order valence-electron chi connectivity index (χ1n) is 18.3. The smallest absolute Gasteiger partial charge is 0.243 e. The van der Waals surface area contributed by atoms with Crippen molar-refractivity contribution in [1.29, 1.82) is 0 Å². The first-order valence-corrected chi connectivity index (χ1v) is 18.3. The predicted octanol–water partition coefficient (Wildman–Crippen LogP) is 0.0994. The van der Waals surface area contributed by atoms with Crippen LogP contribution >= 0.6 is 0 Å². The van der Waals surface area contributed by atoms with Crippen LogP contribution in [0.15, 0.2) is 42.9 Å². The van der Waals surface area contributed by atoms with Gasteiger partial charge in [-0.15, -0.1) is 0 Å². The van der Waals surface area contributed by atoms with Gasteiger partial charge in [0.25, 0.3) is 0 Å². The first kappa shape index (κ1) is 42.1. The van der Waals surface area contributed by atoms with Crippen molar-refractivity contribution >= 4 is 41.4 Å². The molecule has 0 saturated carbocycles. The van der Waals surface area contributed by atoms with Gasteiger partial charge in [-0.25, -0.2) is 4.98 Å². The summed E-state index contributed by atoms with van der Waals surface area (Å²) in [6.07, 6.45) is 5.23. The average Bonchev–Trinajstić information content (AvgIpc) is 3.84. The summed E-state index contributed by atoms with van der Waals surface area (Å²) in [5.74, 6) is -3.92. The lowest BCUT2D eigenvalue weighted by molar-refractivity contribution is -0.140. The van der Waals surface area contributed by atoms with E-state index in [1.165, 1.54) is 31.3 Å². The van der Waals surface area contributed by atoms with Crippen molar-refractivity contribution in [3.63, 3.8) is 0 Å². The molecule has 1 fully saturated rings. The average molecular weight is 738 g/mol. The quantitative estimate of drug-likeness (QED) is 0.105. The number of benzene rings is 1. The Kier molecular flexibility index (Phi) is 16.4. The normalized spacial score (nSPS) is 16.7. The lowest BCUT2D eigenvalue weighted by Crippen LogP contribution is -2.58. The molecule has 1 aliphatic rings. The SMILES string of the molecule is CC[C@H](C)[C@H](NC(=O)[C@H]1CCCN1C(=O)CNC(=O)[C@H](C)NC(=O)[C@H](Cc1cnc[nH]1)NC(=O)[C@@H](NC(C)=O)C(C)C)C(=O)NCCc1ccccc1. The van der Waals surface area contributed by atoms with Crippen LogP contribution in [0.25, 0.3) is 0 Å². The van der Waals surface area contributed by atoms with E-state index in [0.29, 0.717) is 44.5 Å². The van der Waals surface area contributed by atoms with E-state index in [4.69, 9.17) is 0 Å². The van der Waals surface area contributed by atoms with Gasteiger partial charge >= 0.3 is 0 Å². The molecule has 1 aromatic heterocycles. The number of nitrogens with zero attached hydrogens (tertiary/aromatic N) is 2. The zero-order valence-corrected chi connectivity index (χ0v) is 31.5. The minimum absolute atomic E-state index is 0.0287. The zero-order valence-electron chi connectivity index (χ0n) is 31.5. The van der Waals surface area contributed by atoms with Gasteiger partial charge in [-0.3, -0.25) is 33.6 Å². The van der Waals surface area contributed by atoms with Gasteiger partial charge in [-0.05, 0) is 43.6 Å². The minimum Gasteiger partial charge on any atom is -0.354 e. The molecule has 1 aromatic carbocycles. The van der Waals surface area contributed by atoms with Gasteiger partial charge in [0.1, 0.15) is 30.2 Å². The van der Waals surface area contributed by atoms with Gasteiger partial charge in [0.05, 0.1) is 12.9 Å². The second-order valence-electron chi connectivity index (χ2n) is 13.9. The number of likely N-dealkylation sites (tertiary alicyclic amines) is 1. The minimum atomic E-state index is -1.12. The number of hydrogen-bond donors (Lipinski definition) is 7. The number of carbonyl (C=O) groups excluding carboxylic acids is 7. The Morgan fingerprint density at radius 2 is 1.58 bits per heavy atom. The maximum absolute atomic E-state index is 13.5. The molecule has 2 heterocycles. The molecule has 1 saturated heterocycles. The second kappa shape index (κ2) is 20.7. The Labute approximate surface area is 310 Å². The van der Waals surface area contributed by atoms with Crippen molar-refractivity contribution in [2.24, 2.45) is 11.8 Å². The summed E-state index contributed by atoms with van der Waals surface area (Å²) in [7, 11) is 0. The van der Waals surface area contributed by atoms with Crippen LogP contribution in [0.2, 0.25) is 0 Å². The van der Waals surface area contributed by atoms with Crippen LogP contribution in [-0.2, 0) is 46.4 Å². The highest BCUT2D eigenvalue weighted by molar-refractivity contribution is 5.96. The van der Waals surface area contributed by atoms with Crippen LogP contribution in [-0.4, -0.2) is 106 Å². The van der Waals surface area contributed by atoms with Crippen molar-refractivity contribution in [2.75, 3.05) is 19.6 Å². The van der Waals surface area contributed by atoms with Crippen molar-refractivity contribution in [2.45, 2.75) is 104 Å². The molecule has 1 aliphatic heterocycles. The maximum atomic E-state index is 13.5. The second-order valence-corrected chi connectivity index (χ2v) is 13.9. The summed E-state index contributed by atoms with van der Waals surface area (Å²) >= 11 is 0. The van der Waals surface area contributed by atoms with Crippen LogP contribution in [0.1, 0.15) is 72.1 Å². The van der Waals surface area contributed by atoms with E-state index in [1.54, 1.807) is 13.8 Å². The summed E-state index contributed by atoms with van der Waals surface area (Å²) in [6.45, 7) is 10.4. The van der Waals surface area contributed by atoms with Crippen molar-refractivity contribution in [3.8, 4) is 0 Å². The molecule has 7 N–H and O–H groups in total. The molecule has 53 heavy (non-hydrogen) atoms. The highest BCUT2D eigenvalue weighted by atomic mass is 16.2. The third-order valence-corrected chi connectivity index (χ3v) is 9.31. The van der Waals surface area contributed by atoms with E-state index in [-0.39, 0.29) is 24.2 Å². The Hall–Kier alpha value is -5.28. The molecule has 290 valence electrons.